The van der Waals surface area contributed by atoms with E-state index in [1.54, 1.807) is 18.2 Å². The summed E-state index contributed by atoms with van der Waals surface area (Å²) in [5, 5.41) is 13.7. The molecule has 0 amide bonds. The first-order valence-electron chi connectivity index (χ1n) is 13.2. The number of allylic oxidation sites excluding steroid dienone is 3. The molecule has 3 aliphatic rings. The third-order valence-electron chi connectivity index (χ3n) is 7.90. The fourth-order valence-corrected chi connectivity index (χ4v) is 5.96. The van der Waals surface area contributed by atoms with E-state index < -0.39 is 5.92 Å². The van der Waals surface area contributed by atoms with E-state index in [0.29, 0.717) is 35.6 Å². The summed E-state index contributed by atoms with van der Waals surface area (Å²) in [6, 6.07) is 15.5. The van der Waals surface area contributed by atoms with Crippen molar-refractivity contribution in [1.29, 1.82) is 0 Å². The monoisotopic (exact) mass is 485 g/mol. The Bertz CT molecular complexity index is 1230. The third kappa shape index (κ3) is 4.71. The van der Waals surface area contributed by atoms with E-state index in [-0.39, 0.29) is 29.5 Å². The molecule has 2 aliphatic carbocycles. The molecular formula is C31H35NO4. The average molecular weight is 486 g/mol. The van der Waals surface area contributed by atoms with Crippen LogP contribution in [0.5, 0.6) is 5.75 Å². The largest absolute Gasteiger partial charge is 0.508 e. The number of benzene rings is 2. The second-order valence-corrected chi connectivity index (χ2v) is 10.7. The zero-order valence-corrected chi connectivity index (χ0v) is 21.3. The molecule has 0 bridgehead atoms. The Morgan fingerprint density at radius 3 is 2.42 bits per heavy atom. The van der Waals surface area contributed by atoms with Crippen LogP contribution in [0.1, 0.15) is 93.7 Å². The van der Waals surface area contributed by atoms with Crippen molar-refractivity contribution >= 4 is 11.8 Å². The molecule has 2 unspecified atom stereocenters. The van der Waals surface area contributed by atoms with Crippen LogP contribution < -0.4 is 5.32 Å². The molecule has 1 saturated carbocycles. The van der Waals surface area contributed by atoms with Crippen LogP contribution in [-0.2, 0) is 14.3 Å². The van der Waals surface area contributed by atoms with Crippen molar-refractivity contribution < 1.29 is 19.4 Å². The molecule has 36 heavy (non-hydrogen) atoms. The molecule has 5 nitrogen and oxygen atoms in total. The third-order valence-corrected chi connectivity index (χ3v) is 7.90. The van der Waals surface area contributed by atoms with Gasteiger partial charge in [0.2, 0.25) is 0 Å². The smallest absolute Gasteiger partial charge is 0.337 e. The fourth-order valence-electron chi connectivity index (χ4n) is 5.96. The zero-order chi connectivity index (χ0) is 25.4. The summed E-state index contributed by atoms with van der Waals surface area (Å²) in [7, 11) is 0. The zero-order valence-electron chi connectivity index (χ0n) is 21.3. The molecule has 5 heteroatoms. The van der Waals surface area contributed by atoms with Crippen molar-refractivity contribution in [2.24, 2.45) is 0 Å². The van der Waals surface area contributed by atoms with E-state index in [4.69, 9.17) is 4.74 Å². The van der Waals surface area contributed by atoms with Gasteiger partial charge in [0, 0.05) is 29.3 Å². The van der Waals surface area contributed by atoms with Gasteiger partial charge < -0.3 is 15.2 Å². The van der Waals surface area contributed by atoms with Crippen molar-refractivity contribution in [3.63, 3.8) is 0 Å². The van der Waals surface area contributed by atoms with Gasteiger partial charge in [-0.25, -0.2) is 4.79 Å². The number of carbonyl (C=O) groups excluding carboxylic acids is 2. The topological polar surface area (TPSA) is 75.6 Å². The lowest BCUT2D eigenvalue weighted by atomic mass is 9.71. The number of hydrogen-bond acceptors (Lipinski definition) is 5. The number of esters is 1. The van der Waals surface area contributed by atoms with Gasteiger partial charge in [-0.15, -0.1) is 0 Å². The van der Waals surface area contributed by atoms with Gasteiger partial charge in [0.25, 0.3) is 0 Å². The molecule has 1 aliphatic heterocycles. The lowest BCUT2D eigenvalue weighted by Gasteiger charge is -2.37. The number of rotatable bonds is 5. The van der Waals surface area contributed by atoms with Crippen LogP contribution in [0, 0.1) is 0 Å². The van der Waals surface area contributed by atoms with Gasteiger partial charge in [-0.3, -0.25) is 4.79 Å². The summed E-state index contributed by atoms with van der Waals surface area (Å²) >= 11 is 0. The Kier molecular flexibility index (Phi) is 6.74. The SMILES string of the molecule is CC1=C(C(=O)OC2CCCC2)C(c2cccc(O)c2)C2=C(CC(c3ccc(C(C)C)cc3)CC2=O)N1. The van der Waals surface area contributed by atoms with Gasteiger partial charge in [-0.1, -0.05) is 50.2 Å². The van der Waals surface area contributed by atoms with Crippen molar-refractivity contribution in [3.8, 4) is 5.75 Å². The van der Waals surface area contributed by atoms with E-state index in [0.717, 1.165) is 42.5 Å². The summed E-state index contributed by atoms with van der Waals surface area (Å²) in [5.41, 5.74) is 5.85. The van der Waals surface area contributed by atoms with Gasteiger partial charge in [0.15, 0.2) is 5.78 Å². The summed E-state index contributed by atoms with van der Waals surface area (Å²) in [5.74, 6) is -0.242. The minimum absolute atomic E-state index is 0.0358. The van der Waals surface area contributed by atoms with E-state index in [1.165, 1.54) is 5.56 Å². The number of dihydropyridines is 1. The Hall–Kier alpha value is -3.34. The number of aromatic hydroxyl groups is 1. The summed E-state index contributed by atoms with van der Waals surface area (Å²) in [6.07, 6.45) is 4.91. The second-order valence-electron chi connectivity index (χ2n) is 10.7. The van der Waals surface area contributed by atoms with Gasteiger partial charge in [-0.05, 0) is 79.7 Å². The molecule has 1 heterocycles. The Labute approximate surface area is 213 Å². The minimum atomic E-state index is -0.556. The quantitative estimate of drug-likeness (QED) is 0.482. The Balaban J connectivity index is 1.51. The predicted octanol–water partition coefficient (Wildman–Crippen LogP) is 6.36. The number of ketones is 1. The summed E-state index contributed by atoms with van der Waals surface area (Å²) in [4.78, 5) is 27.2. The van der Waals surface area contributed by atoms with Crippen LogP contribution in [0.25, 0.3) is 0 Å². The second kappa shape index (κ2) is 9.96. The number of hydrogen-bond donors (Lipinski definition) is 2. The number of Topliss-reactive ketones (excluding diaryl/α,β-unsaturated/α-hetero) is 1. The molecule has 188 valence electrons. The highest BCUT2D eigenvalue weighted by Gasteiger charge is 2.42. The van der Waals surface area contributed by atoms with Crippen LogP contribution in [0.2, 0.25) is 0 Å². The predicted molar refractivity (Wildman–Crippen MR) is 140 cm³/mol. The maximum absolute atomic E-state index is 13.7. The number of nitrogens with one attached hydrogen (secondary N) is 1. The molecule has 5 rings (SSSR count). The fraction of sp³-hybridized carbons (Fsp3) is 0.419. The number of carbonyl (C=O) groups is 2. The molecule has 2 N–H and O–H groups in total. The standard InChI is InChI=1S/C31H35NO4/c1-18(2)20-11-13-21(14-12-20)23-16-26-30(27(34)17-23)29(22-7-6-8-24(33)15-22)28(19(3)32-26)31(35)36-25-9-4-5-10-25/h6-8,11-15,18,23,25,29,32-33H,4-5,9-10,16-17H2,1-3H3. The van der Waals surface area contributed by atoms with Crippen molar-refractivity contribution in [2.75, 3.05) is 0 Å². The number of phenols is 1. The molecular weight excluding hydrogens is 450 g/mol. The van der Waals surface area contributed by atoms with Gasteiger partial charge >= 0.3 is 5.97 Å². The highest BCUT2D eigenvalue weighted by Crippen LogP contribution is 2.46. The molecule has 2 aromatic carbocycles. The lowest BCUT2D eigenvalue weighted by molar-refractivity contribution is -0.144. The first-order valence-corrected chi connectivity index (χ1v) is 13.2. The highest BCUT2D eigenvalue weighted by atomic mass is 16.5. The summed E-state index contributed by atoms with van der Waals surface area (Å²) in [6.45, 7) is 6.23. The number of phenolic OH excluding ortho intramolecular Hbond substituents is 1. The molecule has 2 aromatic rings. The van der Waals surface area contributed by atoms with E-state index in [9.17, 15) is 14.7 Å². The van der Waals surface area contributed by atoms with E-state index in [1.807, 2.05) is 13.0 Å². The van der Waals surface area contributed by atoms with Crippen molar-refractivity contribution in [3.05, 3.63) is 87.8 Å². The maximum atomic E-state index is 13.7. The molecule has 0 saturated heterocycles. The first kappa shape index (κ1) is 24.4. The van der Waals surface area contributed by atoms with Crippen LogP contribution in [0.15, 0.2) is 71.1 Å². The van der Waals surface area contributed by atoms with Gasteiger partial charge in [-0.2, -0.15) is 0 Å². The Morgan fingerprint density at radius 2 is 1.75 bits per heavy atom. The molecule has 0 spiro atoms. The molecule has 1 fully saturated rings. The minimum Gasteiger partial charge on any atom is -0.508 e. The average Bonchev–Trinajstić information content (AvgIpc) is 3.36. The van der Waals surface area contributed by atoms with E-state index in [2.05, 4.69) is 43.4 Å². The van der Waals surface area contributed by atoms with Crippen LogP contribution >= 0.6 is 0 Å². The molecule has 0 aromatic heterocycles. The first-order chi connectivity index (χ1) is 17.3. The van der Waals surface area contributed by atoms with Gasteiger partial charge in [0.1, 0.15) is 11.9 Å². The highest BCUT2D eigenvalue weighted by molar-refractivity contribution is 6.04. The van der Waals surface area contributed by atoms with Crippen LogP contribution in [0.3, 0.4) is 0 Å². The number of ether oxygens (including phenoxy) is 1. The van der Waals surface area contributed by atoms with Crippen LogP contribution in [-0.4, -0.2) is 23.0 Å². The maximum Gasteiger partial charge on any atom is 0.337 e. The Morgan fingerprint density at radius 1 is 1.03 bits per heavy atom. The molecule has 0 radical (unpaired) electrons. The van der Waals surface area contributed by atoms with Crippen molar-refractivity contribution in [2.45, 2.75) is 83.2 Å². The van der Waals surface area contributed by atoms with Crippen LogP contribution in [0.4, 0.5) is 0 Å². The lowest BCUT2D eigenvalue weighted by Crippen LogP contribution is -2.36. The van der Waals surface area contributed by atoms with Crippen molar-refractivity contribution in [1.82, 2.24) is 5.32 Å². The van der Waals surface area contributed by atoms with E-state index >= 15 is 0 Å². The van der Waals surface area contributed by atoms with Gasteiger partial charge in [0.05, 0.1) is 5.57 Å². The summed E-state index contributed by atoms with van der Waals surface area (Å²) < 4.78 is 5.91. The molecule has 2 atom stereocenters. The normalized spacial score (nSPS) is 22.6.